The summed E-state index contributed by atoms with van der Waals surface area (Å²) in [6, 6.07) is 5.71. The summed E-state index contributed by atoms with van der Waals surface area (Å²) in [4.78, 5) is 22.6. The van der Waals surface area contributed by atoms with Crippen molar-refractivity contribution in [1.29, 1.82) is 0 Å². The first-order valence-corrected chi connectivity index (χ1v) is 5.26. The highest BCUT2D eigenvalue weighted by Crippen LogP contribution is 2.26. The number of benzene rings is 1. The molecule has 0 fully saturated rings. The first-order chi connectivity index (χ1) is 7.70. The minimum atomic E-state index is -1.01. The molecule has 1 aliphatic rings. The van der Waals surface area contributed by atoms with Crippen molar-refractivity contribution < 1.29 is 14.7 Å². The Hall–Kier alpha value is -1.84. The molecular weight excluding hydrogens is 206 g/mol. The molecule has 4 nitrogen and oxygen atoms in total. The van der Waals surface area contributed by atoms with Crippen LogP contribution in [0.1, 0.15) is 17.5 Å². The van der Waals surface area contributed by atoms with Crippen LogP contribution in [0.25, 0.3) is 0 Å². The van der Waals surface area contributed by atoms with Gasteiger partial charge in [0.25, 0.3) is 0 Å². The first kappa shape index (κ1) is 10.7. The summed E-state index contributed by atoms with van der Waals surface area (Å²) in [6.07, 6.45) is 3.79. The van der Waals surface area contributed by atoms with Crippen molar-refractivity contribution >= 4 is 18.1 Å². The van der Waals surface area contributed by atoms with Crippen LogP contribution in [0.4, 0.5) is 5.69 Å². The molecule has 0 bridgehead atoms. The van der Waals surface area contributed by atoms with E-state index in [9.17, 15) is 9.59 Å². The summed E-state index contributed by atoms with van der Waals surface area (Å²) in [5.74, 6) is -1.01. The zero-order valence-corrected chi connectivity index (χ0v) is 8.85. The summed E-state index contributed by atoms with van der Waals surface area (Å²) in [5.41, 5.74) is 3.21. The van der Waals surface area contributed by atoms with E-state index in [0.717, 1.165) is 19.3 Å². The van der Waals surface area contributed by atoms with Crippen molar-refractivity contribution in [3.05, 3.63) is 29.3 Å². The molecule has 0 aliphatic heterocycles. The van der Waals surface area contributed by atoms with Crippen molar-refractivity contribution in [2.24, 2.45) is 0 Å². The van der Waals surface area contributed by atoms with Gasteiger partial charge in [-0.1, -0.05) is 6.07 Å². The van der Waals surface area contributed by atoms with E-state index in [1.54, 1.807) is 0 Å². The number of nitrogens with zero attached hydrogens (tertiary/aromatic N) is 1. The summed E-state index contributed by atoms with van der Waals surface area (Å²) >= 11 is 0. The molecular formula is C12H13NO3. The third-order valence-corrected chi connectivity index (χ3v) is 2.85. The standard InChI is InChI=1S/C12H13NO3/c14-8-13(7-12(15)16)11-5-4-9-2-1-3-10(9)6-11/h4-6,8H,1-3,7H2,(H,15,16). The normalized spacial score (nSPS) is 13.2. The number of aryl methyl sites for hydroxylation is 2. The van der Waals surface area contributed by atoms with E-state index in [-0.39, 0.29) is 6.54 Å². The molecule has 84 valence electrons. The molecule has 0 radical (unpaired) electrons. The number of carboxylic acids is 1. The Morgan fingerprint density at radius 3 is 2.81 bits per heavy atom. The molecule has 4 heteroatoms. The minimum Gasteiger partial charge on any atom is -0.480 e. The highest BCUT2D eigenvalue weighted by Gasteiger charge is 2.14. The maximum Gasteiger partial charge on any atom is 0.323 e. The van der Waals surface area contributed by atoms with Gasteiger partial charge in [-0.15, -0.1) is 0 Å². The van der Waals surface area contributed by atoms with Gasteiger partial charge in [-0.2, -0.15) is 0 Å². The van der Waals surface area contributed by atoms with Gasteiger partial charge in [0.1, 0.15) is 6.54 Å². The molecule has 16 heavy (non-hydrogen) atoms. The number of carbonyl (C=O) groups excluding carboxylic acids is 1. The fraction of sp³-hybridized carbons (Fsp3) is 0.333. The fourth-order valence-corrected chi connectivity index (χ4v) is 2.07. The number of hydrogen-bond donors (Lipinski definition) is 1. The zero-order valence-electron chi connectivity index (χ0n) is 8.85. The Morgan fingerprint density at radius 2 is 2.12 bits per heavy atom. The molecule has 1 N–H and O–H groups in total. The Balaban J connectivity index is 2.25. The van der Waals surface area contributed by atoms with Crippen LogP contribution in [-0.4, -0.2) is 24.0 Å². The van der Waals surface area contributed by atoms with Gasteiger partial charge < -0.3 is 10.0 Å². The van der Waals surface area contributed by atoms with Gasteiger partial charge in [0.2, 0.25) is 6.41 Å². The second kappa shape index (κ2) is 4.35. The summed E-state index contributed by atoms with van der Waals surface area (Å²) in [5, 5.41) is 8.67. The van der Waals surface area contributed by atoms with Crippen LogP contribution in [0, 0.1) is 0 Å². The molecule has 0 saturated heterocycles. The van der Waals surface area contributed by atoms with E-state index in [4.69, 9.17) is 5.11 Å². The molecule has 0 saturated carbocycles. The predicted octanol–water partition coefficient (Wildman–Crippen LogP) is 1.22. The molecule has 1 aliphatic carbocycles. The molecule has 1 amide bonds. The van der Waals surface area contributed by atoms with Gasteiger partial charge in [0, 0.05) is 5.69 Å². The number of rotatable bonds is 4. The quantitative estimate of drug-likeness (QED) is 0.775. The number of fused-ring (bicyclic) bond motifs is 1. The van der Waals surface area contributed by atoms with Crippen LogP contribution < -0.4 is 4.90 Å². The van der Waals surface area contributed by atoms with Gasteiger partial charge in [-0.05, 0) is 42.5 Å². The SMILES string of the molecule is O=CN(CC(=O)O)c1ccc2c(c1)CCC2. The summed E-state index contributed by atoms with van der Waals surface area (Å²) < 4.78 is 0. The number of hydrogen-bond acceptors (Lipinski definition) is 2. The van der Waals surface area contributed by atoms with Crippen LogP contribution in [0.3, 0.4) is 0 Å². The first-order valence-electron chi connectivity index (χ1n) is 5.26. The van der Waals surface area contributed by atoms with Crippen LogP contribution in [-0.2, 0) is 22.4 Å². The molecule has 0 atom stereocenters. The van der Waals surface area contributed by atoms with E-state index in [0.29, 0.717) is 12.1 Å². The number of carboxylic acid groups (broad SMARTS) is 1. The molecule has 0 spiro atoms. The smallest absolute Gasteiger partial charge is 0.323 e. The highest BCUT2D eigenvalue weighted by molar-refractivity contribution is 5.85. The van der Waals surface area contributed by atoms with Crippen molar-refractivity contribution in [1.82, 2.24) is 0 Å². The van der Waals surface area contributed by atoms with E-state index in [1.165, 1.54) is 16.0 Å². The largest absolute Gasteiger partial charge is 0.480 e. The molecule has 0 aromatic heterocycles. The highest BCUT2D eigenvalue weighted by atomic mass is 16.4. The lowest BCUT2D eigenvalue weighted by Gasteiger charge is -2.15. The fourth-order valence-electron chi connectivity index (χ4n) is 2.07. The number of anilines is 1. The van der Waals surface area contributed by atoms with E-state index in [1.807, 2.05) is 18.2 Å². The van der Waals surface area contributed by atoms with E-state index < -0.39 is 5.97 Å². The van der Waals surface area contributed by atoms with Gasteiger partial charge in [0.15, 0.2) is 0 Å². The van der Waals surface area contributed by atoms with Gasteiger partial charge in [-0.25, -0.2) is 0 Å². The molecule has 0 unspecified atom stereocenters. The van der Waals surface area contributed by atoms with Crippen LogP contribution in [0.5, 0.6) is 0 Å². The minimum absolute atomic E-state index is 0.289. The second-order valence-electron chi connectivity index (χ2n) is 3.93. The summed E-state index contributed by atoms with van der Waals surface area (Å²) in [6.45, 7) is -0.289. The summed E-state index contributed by atoms with van der Waals surface area (Å²) in [7, 11) is 0. The topological polar surface area (TPSA) is 57.6 Å². The molecule has 1 aromatic carbocycles. The van der Waals surface area contributed by atoms with Crippen molar-refractivity contribution in [2.75, 3.05) is 11.4 Å². The Bertz CT molecular complexity index is 428. The Morgan fingerprint density at radius 1 is 1.38 bits per heavy atom. The molecule has 1 aromatic rings. The van der Waals surface area contributed by atoms with Crippen LogP contribution >= 0.6 is 0 Å². The van der Waals surface area contributed by atoms with Crippen molar-refractivity contribution in [3.8, 4) is 0 Å². The van der Waals surface area contributed by atoms with Crippen LogP contribution in [0.2, 0.25) is 0 Å². The van der Waals surface area contributed by atoms with Crippen LogP contribution in [0.15, 0.2) is 18.2 Å². The Labute approximate surface area is 93.5 Å². The number of carbonyl (C=O) groups is 2. The Kier molecular flexibility index (Phi) is 2.90. The monoisotopic (exact) mass is 219 g/mol. The van der Waals surface area contributed by atoms with E-state index >= 15 is 0 Å². The number of aliphatic carboxylic acids is 1. The maximum atomic E-state index is 10.8. The maximum absolute atomic E-state index is 10.8. The third-order valence-electron chi connectivity index (χ3n) is 2.85. The van der Waals surface area contributed by atoms with Crippen molar-refractivity contribution in [2.45, 2.75) is 19.3 Å². The number of amides is 1. The zero-order chi connectivity index (χ0) is 11.5. The lowest BCUT2D eigenvalue weighted by molar-refractivity contribution is -0.136. The lowest BCUT2D eigenvalue weighted by atomic mass is 10.1. The van der Waals surface area contributed by atoms with E-state index in [2.05, 4.69) is 0 Å². The third kappa shape index (κ3) is 2.05. The molecule has 0 heterocycles. The second-order valence-corrected chi connectivity index (χ2v) is 3.93. The van der Waals surface area contributed by atoms with Gasteiger partial charge >= 0.3 is 5.97 Å². The van der Waals surface area contributed by atoms with Gasteiger partial charge in [0.05, 0.1) is 0 Å². The average Bonchev–Trinajstić information content (AvgIpc) is 2.72. The average molecular weight is 219 g/mol. The predicted molar refractivity (Wildman–Crippen MR) is 59.5 cm³/mol. The lowest BCUT2D eigenvalue weighted by Crippen LogP contribution is -2.28. The van der Waals surface area contributed by atoms with Gasteiger partial charge in [-0.3, -0.25) is 9.59 Å². The van der Waals surface area contributed by atoms with Crippen molar-refractivity contribution in [3.63, 3.8) is 0 Å². The molecule has 2 rings (SSSR count).